The first-order valence-electron chi connectivity index (χ1n) is 11.0. The highest BCUT2D eigenvalue weighted by Crippen LogP contribution is 2.43. The molecule has 6 nitrogen and oxygen atoms in total. The fourth-order valence-electron chi connectivity index (χ4n) is 5.99. The molecule has 3 atom stereocenters. The van der Waals surface area contributed by atoms with E-state index < -0.39 is 0 Å². The van der Waals surface area contributed by atoms with E-state index in [2.05, 4.69) is 50.6 Å². The Morgan fingerprint density at radius 3 is 2.29 bits per heavy atom. The number of amides is 1. The van der Waals surface area contributed by atoms with Crippen LogP contribution in [0.4, 0.5) is 0 Å². The van der Waals surface area contributed by atoms with Gasteiger partial charge in [0.2, 0.25) is 0 Å². The van der Waals surface area contributed by atoms with Crippen LogP contribution < -0.4 is 5.32 Å². The van der Waals surface area contributed by atoms with Gasteiger partial charge in [-0.2, -0.15) is 0 Å². The molecule has 0 spiro atoms. The standard InChI is InChI=1S/C25H26N4O2/c30-24(21-15-31-27-22(21)18-7-3-1-4-8-18)26-23-19-13-28-11-12-29(14-19)17-25(23,16-28)20-9-5-2-6-10-20/h1-10,15,19,23H,11-14,16-17H2,(H,26,30). The Morgan fingerprint density at radius 1 is 0.968 bits per heavy atom. The number of hydrogen-bond acceptors (Lipinski definition) is 5. The zero-order valence-electron chi connectivity index (χ0n) is 17.4. The van der Waals surface area contributed by atoms with Gasteiger partial charge in [-0.05, 0) is 5.56 Å². The Hall–Kier alpha value is -2.96. The van der Waals surface area contributed by atoms with Gasteiger partial charge in [-0.15, -0.1) is 0 Å². The van der Waals surface area contributed by atoms with Gasteiger partial charge in [-0.3, -0.25) is 4.79 Å². The predicted molar refractivity (Wildman–Crippen MR) is 118 cm³/mol. The Morgan fingerprint density at radius 2 is 1.61 bits per heavy atom. The molecule has 1 aromatic heterocycles. The van der Waals surface area contributed by atoms with Crippen LogP contribution in [0.3, 0.4) is 0 Å². The number of rotatable bonds is 4. The average Bonchev–Trinajstić information content (AvgIpc) is 3.17. The van der Waals surface area contributed by atoms with Gasteiger partial charge in [0.1, 0.15) is 17.5 Å². The van der Waals surface area contributed by atoms with Gasteiger partial charge in [0.15, 0.2) is 0 Å². The van der Waals surface area contributed by atoms with Gasteiger partial charge < -0.3 is 19.6 Å². The highest BCUT2D eigenvalue weighted by molar-refractivity contribution is 5.99. The summed E-state index contributed by atoms with van der Waals surface area (Å²) in [5.74, 6) is 0.297. The van der Waals surface area contributed by atoms with E-state index in [9.17, 15) is 4.79 Å². The van der Waals surface area contributed by atoms with E-state index in [0.717, 1.165) is 44.8 Å². The average molecular weight is 415 g/mol. The van der Waals surface area contributed by atoms with Gasteiger partial charge in [0.25, 0.3) is 5.91 Å². The number of nitrogens with zero attached hydrogens (tertiary/aromatic N) is 3. The van der Waals surface area contributed by atoms with Crippen molar-refractivity contribution >= 4 is 5.91 Å². The fraction of sp³-hybridized carbons (Fsp3) is 0.360. The molecule has 0 saturated carbocycles. The molecule has 3 unspecified atom stereocenters. The van der Waals surface area contributed by atoms with E-state index in [1.165, 1.54) is 11.8 Å². The zero-order chi connectivity index (χ0) is 20.8. The van der Waals surface area contributed by atoms with Crippen LogP contribution in [-0.2, 0) is 5.41 Å². The number of piperidine rings is 2. The Bertz CT molecular complexity index is 1070. The molecule has 6 heteroatoms. The molecule has 4 bridgehead atoms. The SMILES string of the molecule is O=C(NC1C2CN3CCN(C2)CC1(c1ccccc1)C3)c1conc1-c1ccccc1. The minimum atomic E-state index is -0.112. The van der Waals surface area contributed by atoms with Gasteiger partial charge in [-0.25, -0.2) is 0 Å². The maximum absolute atomic E-state index is 13.5. The molecular formula is C25H26N4O2. The molecule has 5 heterocycles. The van der Waals surface area contributed by atoms with Gasteiger partial charge in [0, 0.05) is 62.2 Å². The van der Waals surface area contributed by atoms with E-state index in [0.29, 0.717) is 17.2 Å². The van der Waals surface area contributed by atoms with Gasteiger partial charge in [-0.1, -0.05) is 65.8 Å². The van der Waals surface area contributed by atoms with E-state index in [1.807, 2.05) is 30.3 Å². The monoisotopic (exact) mass is 414 g/mol. The number of hydrogen-bond donors (Lipinski definition) is 1. The molecule has 2 aromatic carbocycles. The van der Waals surface area contributed by atoms with Crippen LogP contribution in [0.5, 0.6) is 0 Å². The number of fused-ring (bicyclic) bond motifs is 1. The van der Waals surface area contributed by atoms with Crippen LogP contribution in [0.25, 0.3) is 11.3 Å². The lowest BCUT2D eigenvalue weighted by Gasteiger charge is -2.55. The number of benzene rings is 2. The maximum atomic E-state index is 13.5. The minimum Gasteiger partial charge on any atom is -0.363 e. The highest BCUT2D eigenvalue weighted by atomic mass is 16.5. The van der Waals surface area contributed by atoms with Crippen molar-refractivity contribution in [2.24, 2.45) is 5.92 Å². The molecule has 7 rings (SSSR count). The normalized spacial score (nSPS) is 31.4. The topological polar surface area (TPSA) is 61.6 Å². The Labute approximate surface area is 181 Å². The second-order valence-electron chi connectivity index (χ2n) is 9.15. The molecule has 0 aliphatic carbocycles. The Balaban J connectivity index is 1.37. The highest BCUT2D eigenvalue weighted by Gasteiger charge is 2.55. The van der Waals surface area contributed by atoms with Gasteiger partial charge in [0.05, 0.1) is 0 Å². The van der Waals surface area contributed by atoms with Gasteiger partial charge >= 0.3 is 0 Å². The van der Waals surface area contributed by atoms with Crippen molar-refractivity contribution in [3.05, 3.63) is 78.1 Å². The third kappa shape index (κ3) is 3.09. The van der Waals surface area contributed by atoms with E-state index in [1.54, 1.807) is 0 Å². The van der Waals surface area contributed by atoms with E-state index >= 15 is 0 Å². The summed E-state index contributed by atoms with van der Waals surface area (Å²) in [5, 5.41) is 7.58. The number of carbonyl (C=O) groups excluding carboxylic acids is 1. The maximum Gasteiger partial charge on any atom is 0.257 e. The van der Waals surface area contributed by atoms with Crippen LogP contribution in [-0.4, -0.2) is 66.2 Å². The van der Waals surface area contributed by atoms with Crippen LogP contribution >= 0.6 is 0 Å². The molecule has 4 saturated heterocycles. The first kappa shape index (κ1) is 18.8. The lowest BCUT2D eigenvalue weighted by Crippen LogP contribution is -2.70. The first-order valence-corrected chi connectivity index (χ1v) is 11.0. The second kappa shape index (κ2) is 7.32. The number of nitrogens with one attached hydrogen (secondary N) is 1. The molecular weight excluding hydrogens is 388 g/mol. The van der Waals surface area contributed by atoms with Crippen molar-refractivity contribution in [3.8, 4) is 11.3 Å². The van der Waals surface area contributed by atoms with Crippen LogP contribution in [0.1, 0.15) is 15.9 Å². The summed E-state index contributed by atoms with van der Waals surface area (Å²) >= 11 is 0. The van der Waals surface area contributed by atoms with Crippen molar-refractivity contribution in [1.82, 2.24) is 20.3 Å². The zero-order valence-corrected chi connectivity index (χ0v) is 17.4. The van der Waals surface area contributed by atoms with Crippen LogP contribution in [0, 0.1) is 5.92 Å². The smallest absolute Gasteiger partial charge is 0.257 e. The molecule has 3 aromatic rings. The third-order valence-electron chi connectivity index (χ3n) is 7.29. The van der Waals surface area contributed by atoms with Crippen molar-refractivity contribution in [3.63, 3.8) is 0 Å². The molecule has 4 fully saturated rings. The minimum absolute atomic E-state index is 0.0755. The summed E-state index contributed by atoms with van der Waals surface area (Å²) in [6.07, 6.45) is 1.47. The molecule has 158 valence electrons. The number of carbonyl (C=O) groups is 1. The quantitative estimate of drug-likeness (QED) is 0.711. The molecule has 0 radical (unpaired) electrons. The summed E-state index contributed by atoms with van der Waals surface area (Å²) in [6, 6.07) is 20.6. The van der Waals surface area contributed by atoms with E-state index in [-0.39, 0.29) is 17.4 Å². The lowest BCUT2D eigenvalue weighted by molar-refractivity contribution is 0.0180. The van der Waals surface area contributed by atoms with Crippen molar-refractivity contribution in [2.75, 3.05) is 39.3 Å². The number of aromatic nitrogens is 1. The van der Waals surface area contributed by atoms with Crippen LogP contribution in [0.2, 0.25) is 0 Å². The van der Waals surface area contributed by atoms with E-state index in [4.69, 9.17) is 4.52 Å². The molecule has 31 heavy (non-hydrogen) atoms. The summed E-state index contributed by atoms with van der Waals surface area (Å²) in [5.41, 5.74) is 3.19. The Kier molecular flexibility index (Phi) is 4.44. The molecule has 4 aliphatic rings. The third-order valence-corrected chi connectivity index (χ3v) is 7.29. The first-order chi connectivity index (χ1) is 15.2. The lowest BCUT2D eigenvalue weighted by atomic mass is 9.64. The molecule has 4 aliphatic heterocycles. The molecule has 1 N–H and O–H groups in total. The van der Waals surface area contributed by atoms with Crippen molar-refractivity contribution < 1.29 is 9.32 Å². The summed E-state index contributed by atoms with van der Waals surface area (Å²) in [7, 11) is 0. The summed E-state index contributed by atoms with van der Waals surface area (Å²) < 4.78 is 5.23. The largest absolute Gasteiger partial charge is 0.363 e. The predicted octanol–water partition coefficient (Wildman–Crippen LogP) is 2.64. The fourth-order valence-corrected chi connectivity index (χ4v) is 5.99. The molecule has 1 amide bonds. The summed E-state index contributed by atoms with van der Waals surface area (Å²) in [4.78, 5) is 18.7. The van der Waals surface area contributed by atoms with Crippen molar-refractivity contribution in [1.29, 1.82) is 0 Å². The van der Waals surface area contributed by atoms with Crippen LogP contribution in [0.15, 0.2) is 71.4 Å². The summed E-state index contributed by atoms with van der Waals surface area (Å²) in [6.45, 7) is 6.23. The van der Waals surface area contributed by atoms with Crippen molar-refractivity contribution in [2.45, 2.75) is 11.5 Å². The second-order valence-corrected chi connectivity index (χ2v) is 9.15.